The van der Waals surface area contributed by atoms with Crippen molar-refractivity contribution in [1.82, 2.24) is 4.98 Å². The Balaban J connectivity index is 1.26. The highest BCUT2D eigenvalue weighted by atomic mass is 32.2. The first kappa shape index (κ1) is 18.2. The minimum atomic E-state index is -0.931. The van der Waals surface area contributed by atoms with Crippen LogP contribution in [-0.2, 0) is 9.59 Å². The molecule has 1 atom stereocenters. The van der Waals surface area contributed by atoms with E-state index in [-0.39, 0.29) is 11.8 Å². The number of carbonyl (C=O) groups is 2. The zero-order valence-corrected chi connectivity index (χ0v) is 17.2. The van der Waals surface area contributed by atoms with E-state index in [1.54, 1.807) is 4.90 Å². The smallest absolute Gasteiger partial charge is 0.261 e. The van der Waals surface area contributed by atoms with E-state index in [9.17, 15) is 9.59 Å². The van der Waals surface area contributed by atoms with Crippen LogP contribution in [0.15, 0.2) is 82.1 Å². The maximum atomic E-state index is 13.3. The van der Waals surface area contributed by atoms with E-state index in [1.807, 2.05) is 72.8 Å². The first-order chi connectivity index (χ1) is 15.1. The van der Waals surface area contributed by atoms with E-state index in [2.05, 4.69) is 10.3 Å². The Morgan fingerprint density at radius 3 is 2.65 bits per heavy atom. The van der Waals surface area contributed by atoms with Gasteiger partial charge in [-0.1, -0.05) is 36.0 Å². The monoisotopic (exact) mass is 427 g/mol. The summed E-state index contributed by atoms with van der Waals surface area (Å²) in [6, 6.07) is 22.7. The summed E-state index contributed by atoms with van der Waals surface area (Å²) in [5.41, 5.74) is 3.84. The highest BCUT2D eigenvalue weighted by molar-refractivity contribution is 8.02. The van der Waals surface area contributed by atoms with Crippen LogP contribution in [0.4, 0.5) is 11.4 Å². The van der Waals surface area contributed by atoms with Crippen molar-refractivity contribution in [3.8, 4) is 11.5 Å². The van der Waals surface area contributed by atoms with Gasteiger partial charge < -0.3 is 9.73 Å². The lowest BCUT2D eigenvalue weighted by atomic mass is 10.1. The molecule has 2 aliphatic rings. The van der Waals surface area contributed by atoms with Crippen LogP contribution in [0.5, 0.6) is 0 Å². The predicted molar refractivity (Wildman–Crippen MR) is 120 cm³/mol. The molecule has 2 amide bonds. The Labute approximate surface area is 182 Å². The molecule has 6 rings (SSSR count). The second-order valence-corrected chi connectivity index (χ2v) is 8.92. The Hall–Kier alpha value is -3.58. The molecule has 1 fully saturated rings. The molecule has 3 heterocycles. The van der Waals surface area contributed by atoms with Crippen LogP contribution in [0.3, 0.4) is 0 Å². The number of thioether (sulfide) groups is 1. The molecule has 1 saturated heterocycles. The molecule has 31 heavy (non-hydrogen) atoms. The number of hydrogen-bond donors (Lipinski definition) is 1. The van der Waals surface area contributed by atoms with Crippen molar-refractivity contribution in [3.63, 3.8) is 0 Å². The third kappa shape index (κ3) is 2.77. The molecule has 3 aromatic carbocycles. The van der Waals surface area contributed by atoms with Crippen molar-refractivity contribution in [1.29, 1.82) is 0 Å². The van der Waals surface area contributed by atoms with Gasteiger partial charge in [0.2, 0.25) is 11.8 Å². The van der Waals surface area contributed by atoms with E-state index < -0.39 is 4.87 Å². The number of fused-ring (bicyclic) bond motifs is 4. The van der Waals surface area contributed by atoms with E-state index >= 15 is 0 Å². The Kier molecular flexibility index (Phi) is 3.94. The summed E-state index contributed by atoms with van der Waals surface area (Å²) < 4.78 is 5.81. The third-order valence-corrected chi connectivity index (χ3v) is 7.19. The van der Waals surface area contributed by atoms with Gasteiger partial charge in [0.25, 0.3) is 5.91 Å². The summed E-state index contributed by atoms with van der Waals surface area (Å²) in [5.74, 6) is 0.333. The van der Waals surface area contributed by atoms with Gasteiger partial charge in [-0.3, -0.25) is 14.5 Å². The summed E-state index contributed by atoms with van der Waals surface area (Å²) in [5, 5.41) is 3.00. The SMILES string of the molecule is O=C1CCC2(C(=O)Nc3ccc(-c4nc5ccccc5o4)cc3)Sc3ccccc3N12. The zero-order chi connectivity index (χ0) is 21.0. The van der Waals surface area contributed by atoms with E-state index in [0.717, 1.165) is 27.2 Å². The van der Waals surface area contributed by atoms with Gasteiger partial charge in [0.15, 0.2) is 10.5 Å². The fourth-order valence-electron chi connectivity index (χ4n) is 4.22. The van der Waals surface area contributed by atoms with Gasteiger partial charge in [0, 0.05) is 22.6 Å². The van der Waals surface area contributed by atoms with Gasteiger partial charge in [0.1, 0.15) is 5.52 Å². The molecule has 0 saturated carbocycles. The molecule has 2 aliphatic heterocycles. The van der Waals surface area contributed by atoms with Crippen molar-refractivity contribution in [3.05, 3.63) is 72.8 Å². The molecule has 1 aromatic heterocycles. The summed E-state index contributed by atoms with van der Waals surface area (Å²) in [6.07, 6.45) is 0.851. The summed E-state index contributed by atoms with van der Waals surface area (Å²) in [6.45, 7) is 0. The van der Waals surface area contributed by atoms with Crippen molar-refractivity contribution in [2.24, 2.45) is 0 Å². The number of nitrogens with zero attached hydrogens (tertiary/aromatic N) is 2. The number of rotatable bonds is 3. The molecule has 1 N–H and O–H groups in total. The van der Waals surface area contributed by atoms with E-state index in [4.69, 9.17) is 4.42 Å². The van der Waals surface area contributed by atoms with Crippen LogP contribution < -0.4 is 10.2 Å². The summed E-state index contributed by atoms with van der Waals surface area (Å²) in [7, 11) is 0. The van der Waals surface area contributed by atoms with Gasteiger partial charge in [-0.15, -0.1) is 0 Å². The standard InChI is InChI=1S/C24H17N3O3S/c28-21-13-14-24(27(21)18-6-2-4-8-20(18)31-24)23(29)25-16-11-9-15(10-12-16)22-26-17-5-1-3-7-19(17)30-22/h1-12H,13-14H2,(H,25,29). The molecular formula is C24H17N3O3S. The van der Waals surface area contributed by atoms with Gasteiger partial charge in [-0.2, -0.15) is 0 Å². The fourth-order valence-corrected chi connectivity index (χ4v) is 5.63. The number of nitrogens with one attached hydrogen (secondary N) is 1. The summed E-state index contributed by atoms with van der Waals surface area (Å²) >= 11 is 1.46. The normalized spacial score (nSPS) is 19.5. The molecule has 152 valence electrons. The number of carbonyl (C=O) groups excluding carboxylic acids is 2. The maximum Gasteiger partial charge on any atom is 0.261 e. The quantitative estimate of drug-likeness (QED) is 0.494. The highest BCUT2D eigenvalue weighted by Gasteiger charge is 2.57. The molecule has 0 bridgehead atoms. The van der Waals surface area contributed by atoms with Crippen LogP contribution in [-0.4, -0.2) is 21.7 Å². The Morgan fingerprint density at radius 1 is 1.03 bits per heavy atom. The van der Waals surface area contributed by atoms with E-state index in [0.29, 0.717) is 24.4 Å². The van der Waals surface area contributed by atoms with Crippen LogP contribution in [0.25, 0.3) is 22.6 Å². The van der Waals surface area contributed by atoms with Gasteiger partial charge in [-0.25, -0.2) is 4.98 Å². The van der Waals surface area contributed by atoms with Crippen molar-refractivity contribution in [2.75, 3.05) is 10.2 Å². The third-order valence-electron chi connectivity index (χ3n) is 5.71. The molecule has 6 nitrogen and oxygen atoms in total. The molecular weight excluding hydrogens is 410 g/mol. The first-order valence-corrected chi connectivity index (χ1v) is 10.8. The number of hydrogen-bond acceptors (Lipinski definition) is 5. The van der Waals surface area contributed by atoms with Gasteiger partial charge in [0.05, 0.1) is 5.69 Å². The molecule has 0 aliphatic carbocycles. The van der Waals surface area contributed by atoms with E-state index in [1.165, 1.54) is 11.8 Å². The molecule has 7 heteroatoms. The van der Waals surface area contributed by atoms with Crippen LogP contribution in [0.1, 0.15) is 12.8 Å². The average molecular weight is 427 g/mol. The lowest BCUT2D eigenvalue weighted by molar-refractivity contribution is -0.121. The zero-order valence-electron chi connectivity index (χ0n) is 16.4. The predicted octanol–water partition coefficient (Wildman–Crippen LogP) is 5.06. The number of benzene rings is 3. The topological polar surface area (TPSA) is 75.4 Å². The minimum absolute atomic E-state index is 0.0149. The number of anilines is 2. The summed E-state index contributed by atoms with van der Waals surface area (Å²) in [4.78, 5) is 32.1. The number of aromatic nitrogens is 1. The second-order valence-electron chi connectivity index (χ2n) is 7.60. The van der Waals surface area contributed by atoms with Crippen LogP contribution in [0, 0.1) is 0 Å². The second kappa shape index (κ2) is 6.72. The molecule has 1 unspecified atom stereocenters. The lowest BCUT2D eigenvalue weighted by Gasteiger charge is -2.29. The number of oxazole rings is 1. The van der Waals surface area contributed by atoms with Crippen molar-refractivity contribution in [2.45, 2.75) is 22.6 Å². The average Bonchev–Trinajstić information content (AvgIpc) is 3.46. The Bertz CT molecular complexity index is 1310. The van der Waals surface area contributed by atoms with Gasteiger partial charge >= 0.3 is 0 Å². The Morgan fingerprint density at radius 2 is 1.81 bits per heavy atom. The highest BCUT2D eigenvalue weighted by Crippen LogP contribution is 2.56. The first-order valence-electron chi connectivity index (χ1n) is 10.0. The fraction of sp³-hybridized carbons (Fsp3) is 0.125. The van der Waals surface area contributed by atoms with Crippen LogP contribution >= 0.6 is 11.8 Å². The number of para-hydroxylation sites is 3. The number of amides is 2. The molecule has 0 radical (unpaired) electrons. The van der Waals surface area contributed by atoms with Gasteiger partial charge in [-0.05, 0) is 55.0 Å². The van der Waals surface area contributed by atoms with Crippen molar-refractivity contribution < 1.29 is 14.0 Å². The lowest BCUT2D eigenvalue weighted by Crippen LogP contribution is -2.49. The minimum Gasteiger partial charge on any atom is -0.436 e. The molecule has 4 aromatic rings. The van der Waals surface area contributed by atoms with Crippen molar-refractivity contribution >= 4 is 46.1 Å². The maximum absolute atomic E-state index is 13.3. The largest absolute Gasteiger partial charge is 0.436 e. The van der Waals surface area contributed by atoms with Crippen LogP contribution in [0.2, 0.25) is 0 Å². The molecule has 0 spiro atoms.